The third-order valence-electron chi connectivity index (χ3n) is 4.99. The van der Waals surface area contributed by atoms with Crippen LogP contribution in [0.5, 0.6) is 0 Å². The molecule has 2 amide bonds. The molecule has 0 radical (unpaired) electrons. The molecule has 3 aromatic rings. The fraction of sp³-hybridized carbons (Fsp3) is 0.227. The van der Waals surface area contributed by atoms with Crippen molar-refractivity contribution in [1.82, 2.24) is 10.3 Å². The number of hydrogen-bond acceptors (Lipinski definition) is 4. The van der Waals surface area contributed by atoms with E-state index in [1.54, 1.807) is 0 Å². The van der Waals surface area contributed by atoms with Crippen LogP contribution in [0.15, 0.2) is 48.5 Å². The summed E-state index contributed by atoms with van der Waals surface area (Å²) < 4.78 is 13.0. The maximum atomic E-state index is 13.0. The van der Waals surface area contributed by atoms with Crippen molar-refractivity contribution in [2.24, 2.45) is 0 Å². The molecule has 0 saturated carbocycles. The van der Waals surface area contributed by atoms with E-state index in [9.17, 15) is 14.0 Å². The first-order valence-corrected chi connectivity index (χ1v) is 10.8. The van der Waals surface area contributed by atoms with E-state index in [1.165, 1.54) is 35.6 Å². The molecule has 0 aliphatic heterocycles. The SMILES string of the molecule is O=C(Nc1nc2c(s1)CCC2C(=O)NCCc1ccc(Cl)cc1)c1ccc(F)cc1. The zero-order valence-corrected chi connectivity index (χ0v) is 17.5. The Kier molecular flexibility index (Phi) is 6.11. The van der Waals surface area contributed by atoms with Crippen LogP contribution in [0.1, 0.15) is 38.8 Å². The zero-order valence-electron chi connectivity index (χ0n) is 16.0. The van der Waals surface area contributed by atoms with Crippen molar-refractivity contribution in [3.05, 3.63) is 81.1 Å². The van der Waals surface area contributed by atoms with Gasteiger partial charge in [-0.25, -0.2) is 9.37 Å². The Hall–Kier alpha value is -2.77. The Labute approximate surface area is 182 Å². The monoisotopic (exact) mass is 443 g/mol. The number of rotatable bonds is 6. The summed E-state index contributed by atoms with van der Waals surface area (Å²) in [5.74, 6) is -1.11. The molecule has 0 fully saturated rings. The van der Waals surface area contributed by atoms with Gasteiger partial charge < -0.3 is 5.32 Å². The molecule has 0 bridgehead atoms. The molecule has 1 aliphatic carbocycles. The van der Waals surface area contributed by atoms with E-state index in [1.807, 2.05) is 24.3 Å². The quantitative estimate of drug-likeness (QED) is 0.586. The first-order chi connectivity index (χ1) is 14.5. The van der Waals surface area contributed by atoms with Crippen LogP contribution in [0.2, 0.25) is 5.02 Å². The van der Waals surface area contributed by atoms with Gasteiger partial charge in [-0.15, -0.1) is 11.3 Å². The second kappa shape index (κ2) is 8.93. The van der Waals surface area contributed by atoms with E-state index in [4.69, 9.17) is 11.6 Å². The smallest absolute Gasteiger partial charge is 0.257 e. The van der Waals surface area contributed by atoms with Crippen molar-refractivity contribution in [2.45, 2.75) is 25.2 Å². The number of anilines is 1. The Balaban J connectivity index is 1.35. The second-order valence-corrected chi connectivity index (χ2v) is 8.57. The molecule has 2 N–H and O–H groups in total. The van der Waals surface area contributed by atoms with Crippen molar-refractivity contribution in [3.8, 4) is 0 Å². The second-order valence-electron chi connectivity index (χ2n) is 7.05. The van der Waals surface area contributed by atoms with Crippen LogP contribution in [0, 0.1) is 5.82 Å². The molecule has 5 nitrogen and oxygen atoms in total. The summed E-state index contributed by atoms with van der Waals surface area (Å²) in [6, 6.07) is 12.9. The lowest BCUT2D eigenvalue weighted by atomic mass is 10.1. The summed E-state index contributed by atoms with van der Waals surface area (Å²) in [5.41, 5.74) is 2.19. The van der Waals surface area contributed by atoms with Crippen LogP contribution < -0.4 is 10.6 Å². The largest absolute Gasteiger partial charge is 0.355 e. The van der Waals surface area contributed by atoms with Gasteiger partial charge in [-0.1, -0.05) is 23.7 Å². The van der Waals surface area contributed by atoms with Crippen molar-refractivity contribution in [1.29, 1.82) is 0 Å². The molecule has 30 heavy (non-hydrogen) atoms. The third kappa shape index (κ3) is 4.68. The number of carbonyl (C=O) groups excluding carboxylic acids is 2. The Morgan fingerprint density at radius 2 is 1.87 bits per heavy atom. The van der Waals surface area contributed by atoms with Gasteiger partial charge in [0.05, 0.1) is 11.6 Å². The number of hydrogen-bond donors (Lipinski definition) is 2. The summed E-state index contributed by atoms with van der Waals surface area (Å²) in [7, 11) is 0. The van der Waals surface area contributed by atoms with Crippen LogP contribution in [-0.4, -0.2) is 23.3 Å². The van der Waals surface area contributed by atoms with Gasteiger partial charge in [-0.05, 0) is 61.2 Å². The summed E-state index contributed by atoms with van der Waals surface area (Å²) in [6.45, 7) is 0.532. The molecular weight excluding hydrogens is 425 g/mol. The fourth-order valence-corrected chi connectivity index (χ4v) is 4.57. The van der Waals surface area contributed by atoms with Gasteiger partial charge in [-0.3, -0.25) is 14.9 Å². The molecule has 0 saturated heterocycles. The molecule has 1 aromatic heterocycles. The number of thiazole rings is 1. The lowest BCUT2D eigenvalue weighted by Gasteiger charge is -2.11. The maximum Gasteiger partial charge on any atom is 0.257 e. The Morgan fingerprint density at radius 1 is 1.13 bits per heavy atom. The lowest BCUT2D eigenvalue weighted by Crippen LogP contribution is -2.30. The fourth-order valence-electron chi connectivity index (χ4n) is 3.41. The van der Waals surface area contributed by atoms with E-state index in [-0.39, 0.29) is 17.7 Å². The van der Waals surface area contributed by atoms with E-state index in [0.717, 1.165) is 29.0 Å². The average molecular weight is 444 g/mol. The van der Waals surface area contributed by atoms with E-state index < -0.39 is 5.82 Å². The summed E-state index contributed by atoms with van der Waals surface area (Å²) >= 11 is 7.27. The molecule has 4 rings (SSSR count). The molecule has 1 aliphatic rings. The number of halogens is 2. The van der Waals surface area contributed by atoms with Crippen molar-refractivity contribution >= 4 is 39.9 Å². The normalized spacial score (nSPS) is 14.9. The molecule has 1 heterocycles. The van der Waals surface area contributed by atoms with Gasteiger partial charge in [0.25, 0.3) is 5.91 Å². The number of amides is 2. The maximum absolute atomic E-state index is 13.0. The summed E-state index contributed by atoms with van der Waals surface area (Å²) in [4.78, 5) is 30.5. The van der Waals surface area contributed by atoms with Gasteiger partial charge in [0.2, 0.25) is 5.91 Å². The van der Waals surface area contributed by atoms with Gasteiger partial charge >= 0.3 is 0 Å². The average Bonchev–Trinajstić information content (AvgIpc) is 3.30. The minimum absolute atomic E-state index is 0.0515. The van der Waals surface area contributed by atoms with E-state index in [2.05, 4.69) is 15.6 Å². The number of benzene rings is 2. The number of aryl methyl sites for hydroxylation is 1. The molecule has 0 spiro atoms. The molecule has 2 aromatic carbocycles. The minimum atomic E-state index is -0.398. The standard InChI is InChI=1S/C22H19ClFN3O2S/c23-15-5-1-13(2-6-15)11-12-25-21(29)17-9-10-18-19(17)26-22(30-18)27-20(28)14-3-7-16(24)8-4-14/h1-8,17H,9-12H2,(H,25,29)(H,26,27,28). The molecular formula is C22H19ClFN3O2S. The highest BCUT2D eigenvalue weighted by Crippen LogP contribution is 2.38. The number of fused-ring (bicyclic) bond motifs is 1. The van der Waals surface area contributed by atoms with Crippen LogP contribution >= 0.6 is 22.9 Å². The number of carbonyl (C=O) groups is 2. The van der Waals surface area contributed by atoms with E-state index in [0.29, 0.717) is 28.7 Å². The summed E-state index contributed by atoms with van der Waals surface area (Å²) in [5, 5.41) is 6.86. The van der Waals surface area contributed by atoms with Gasteiger partial charge in [0, 0.05) is 22.0 Å². The van der Waals surface area contributed by atoms with Crippen LogP contribution in [0.25, 0.3) is 0 Å². The molecule has 8 heteroatoms. The number of nitrogens with one attached hydrogen (secondary N) is 2. The predicted molar refractivity (Wildman–Crippen MR) is 116 cm³/mol. The van der Waals surface area contributed by atoms with Gasteiger partial charge in [-0.2, -0.15) is 0 Å². The van der Waals surface area contributed by atoms with Crippen LogP contribution in [-0.2, 0) is 17.6 Å². The predicted octanol–water partition coefficient (Wildman–Crippen LogP) is 4.58. The Morgan fingerprint density at radius 3 is 2.60 bits per heavy atom. The Bertz CT molecular complexity index is 1070. The topological polar surface area (TPSA) is 71.1 Å². The lowest BCUT2D eigenvalue weighted by molar-refractivity contribution is -0.122. The van der Waals surface area contributed by atoms with Gasteiger partial charge in [0.1, 0.15) is 5.82 Å². The third-order valence-corrected chi connectivity index (χ3v) is 6.29. The highest BCUT2D eigenvalue weighted by molar-refractivity contribution is 7.16. The van der Waals surface area contributed by atoms with Crippen molar-refractivity contribution in [3.63, 3.8) is 0 Å². The van der Waals surface area contributed by atoms with Crippen LogP contribution in [0.3, 0.4) is 0 Å². The van der Waals surface area contributed by atoms with E-state index >= 15 is 0 Å². The van der Waals surface area contributed by atoms with Crippen molar-refractivity contribution in [2.75, 3.05) is 11.9 Å². The highest BCUT2D eigenvalue weighted by Gasteiger charge is 2.32. The minimum Gasteiger partial charge on any atom is -0.355 e. The summed E-state index contributed by atoms with van der Waals surface area (Å²) in [6.07, 6.45) is 2.19. The first kappa shape index (κ1) is 20.5. The molecule has 154 valence electrons. The first-order valence-electron chi connectivity index (χ1n) is 9.58. The number of aromatic nitrogens is 1. The highest BCUT2D eigenvalue weighted by atomic mass is 35.5. The molecule has 1 atom stereocenters. The number of nitrogens with zero attached hydrogens (tertiary/aromatic N) is 1. The van der Waals surface area contributed by atoms with Crippen molar-refractivity contribution < 1.29 is 14.0 Å². The zero-order chi connectivity index (χ0) is 21.1. The van der Waals surface area contributed by atoms with Crippen LogP contribution in [0.4, 0.5) is 9.52 Å². The molecule has 1 unspecified atom stereocenters. The van der Waals surface area contributed by atoms with Gasteiger partial charge in [0.15, 0.2) is 5.13 Å².